The number of likely N-dealkylation sites (tertiary alicyclic amines) is 1. The Hall–Kier alpha value is -2.92. The Kier molecular flexibility index (Phi) is 8.23. The fraction of sp³-hybridized carbons (Fsp3) is 0.577. The monoisotopic (exact) mass is 521 g/mol. The number of hydrogen-bond donors (Lipinski definition) is 3. The van der Waals surface area contributed by atoms with Gasteiger partial charge in [0.15, 0.2) is 0 Å². The molecule has 1 saturated carbocycles. The van der Waals surface area contributed by atoms with Crippen LogP contribution in [0.3, 0.4) is 0 Å². The van der Waals surface area contributed by atoms with Gasteiger partial charge in [-0.2, -0.15) is 13.2 Å². The molecule has 1 aromatic heterocycles. The molecule has 0 spiro atoms. The van der Waals surface area contributed by atoms with Crippen molar-refractivity contribution in [1.29, 1.82) is 0 Å². The number of halogens is 3. The van der Waals surface area contributed by atoms with Crippen molar-refractivity contribution >= 4 is 11.7 Å². The van der Waals surface area contributed by atoms with Gasteiger partial charge in [0.1, 0.15) is 11.6 Å². The fourth-order valence-corrected chi connectivity index (χ4v) is 5.21. The van der Waals surface area contributed by atoms with Crippen LogP contribution in [0.4, 0.5) is 19.0 Å². The zero-order valence-electron chi connectivity index (χ0n) is 21.1. The predicted octanol–water partition coefficient (Wildman–Crippen LogP) is 3.81. The average Bonchev–Trinajstić information content (AvgIpc) is 2.84. The smallest absolute Gasteiger partial charge is 0.416 e. The first kappa shape index (κ1) is 27.1. The van der Waals surface area contributed by atoms with Crippen LogP contribution in [-0.4, -0.2) is 81.0 Å². The topological polar surface area (TPSA) is 102 Å². The lowest BCUT2D eigenvalue weighted by Gasteiger charge is -2.37. The Labute approximate surface area is 214 Å². The molecule has 37 heavy (non-hydrogen) atoms. The number of aliphatic hydroxyl groups is 1. The van der Waals surface area contributed by atoms with Gasteiger partial charge in [-0.3, -0.25) is 9.69 Å². The fourth-order valence-electron chi connectivity index (χ4n) is 5.21. The maximum absolute atomic E-state index is 12.9. The predicted molar refractivity (Wildman–Crippen MR) is 133 cm³/mol. The minimum absolute atomic E-state index is 0.0655. The molecule has 1 amide bonds. The van der Waals surface area contributed by atoms with Gasteiger partial charge in [0, 0.05) is 31.2 Å². The number of nitrogens with one attached hydrogen (secondary N) is 1. The molecule has 0 radical (unpaired) electrons. The summed E-state index contributed by atoms with van der Waals surface area (Å²) in [5.74, 6) is 0.108. The second kappa shape index (κ2) is 11.2. The third-order valence-electron chi connectivity index (χ3n) is 7.39. The Bertz CT molecular complexity index is 1110. The molecular weight excluding hydrogens is 487 g/mol. The number of alkyl halides is 3. The number of aliphatic hydroxyl groups excluding tert-OH is 1. The van der Waals surface area contributed by atoms with Crippen LogP contribution in [0.2, 0.25) is 0 Å². The van der Waals surface area contributed by atoms with E-state index in [1.165, 1.54) is 6.07 Å². The molecule has 8 nitrogen and oxygen atoms in total. The Morgan fingerprint density at radius 1 is 1.16 bits per heavy atom. The molecule has 1 saturated heterocycles. The van der Waals surface area contributed by atoms with Crippen molar-refractivity contribution in [1.82, 2.24) is 20.0 Å². The van der Waals surface area contributed by atoms with Crippen molar-refractivity contribution in [2.24, 2.45) is 0 Å². The maximum Gasteiger partial charge on any atom is 0.416 e. The highest BCUT2D eigenvalue weighted by Gasteiger charge is 2.32. The van der Waals surface area contributed by atoms with Crippen molar-refractivity contribution in [3.8, 4) is 17.0 Å². The van der Waals surface area contributed by atoms with Crippen LogP contribution in [-0.2, 0) is 11.0 Å². The molecule has 1 aromatic carbocycles. The molecule has 1 aliphatic heterocycles. The highest BCUT2D eigenvalue weighted by atomic mass is 19.4. The summed E-state index contributed by atoms with van der Waals surface area (Å²) >= 11 is 0. The second-order valence-corrected chi connectivity index (χ2v) is 10.2. The van der Waals surface area contributed by atoms with Crippen molar-refractivity contribution in [2.75, 3.05) is 32.0 Å². The van der Waals surface area contributed by atoms with Crippen molar-refractivity contribution in [3.05, 3.63) is 35.4 Å². The highest BCUT2D eigenvalue weighted by Crippen LogP contribution is 2.37. The highest BCUT2D eigenvalue weighted by molar-refractivity contribution is 5.78. The quantitative estimate of drug-likeness (QED) is 0.531. The third-order valence-corrected chi connectivity index (χ3v) is 7.39. The number of aromatic nitrogens is 2. The molecule has 1 aliphatic carbocycles. The number of anilines is 1. The number of nitrogens with zero attached hydrogens (tertiary/aromatic N) is 4. The van der Waals surface area contributed by atoms with Gasteiger partial charge in [-0.15, -0.1) is 10.2 Å². The van der Waals surface area contributed by atoms with Crippen molar-refractivity contribution < 1.29 is 28.2 Å². The van der Waals surface area contributed by atoms with E-state index in [1.807, 2.05) is 11.9 Å². The Balaban J connectivity index is 1.35. The van der Waals surface area contributed by atoms with E-state index in [1.54, 1.807) is 13.0 Å². The van der Waals surface area contributed by atoms with Gasteiger partial charge < -0.3 is 20.4 Å². The molecule has 3 N–H and O–H groups in total. The number of hydrogen-bond acceptors (Lipinski definition) is 7. The van der Waals surface area contributed by atoms with Crippen LogP contribution in [0, 0.1) is 6.92 Å². The van der Waals surface area contributed by atoms with Crippen LogP contribution >= 0.6 is 0 Å². The normalized spacial score (nSPS) is 23.0. The number of aromatic hydroxyl groups is 1. The molecule has 2 aliphatic rings. The largest absolute Gasteiger partial charge is 0.507 e. The first-order valence-electron chi connectivity index (χ1n) is 12.7. The zero-order valence-corrected chi connectivity index (χ0v) is 21.1. The standard InChI is InChI=1S/C26H34F3N5O3/c1-16-12-23(31-32-25(16)21-10-5-17(13-22(21)36)26(27,28)29)30-18-4-3-11-34(14-18)15-24(37)33(2)19-6-8-20(35)9-7-19/h5,10,12-13,18-20,35-36H,3-4,6-9,11,14-15H2,1-2H3,(H,30,31)/t18-,19?,20?/m1/s1. The third kappa shape index (κ3) is 6.70. The van der Waals surface area contributed by atoms with Crippen LogP contribution in [0.25, 0.3) is 11.3 Å². The number of piperidine rings is 1. The number of likely N-dealkylation sites (N-methyl/N-ethyl adjacent to an activating group) is 1. The van der Waals surface area contributed by atoms with E-state index in [2.05, 4.69) is 20.4 Å². The molecule has 0 bridgehead atoms. The van der Waals surface area contributed by atoms with Gasteiger partial charge >= 0.3 is 6.18 Å². The maximum atomic E-state index is 12.9. The summed E-state index contributed by atoms with van der Waals surface area (Å²) < 4.78 is 38.7. The minimum atomic E-state index is -4.54. The summed E-state index contributed by atoms with van der Waals surface area (Å²) in [5.41, 5.74) is 0.228. The first-order valence-corrected chi connectivity index (χ1v) is 12.7. The summed E-state index contributed by atoms with van der Waals surface area (Å²) in [6.45, 7) is 3.60. The molecule has 202 valence electrons. The van der Waals surface area contributed by atoms with E-state index < -0.39 is 17.5 Å². The Morgan fingerprint density at radius 3 is 2.54 bits per heavy atom. The summed E-state index contributed by atoms with van der Waals surface area (Å²) in [5, 5.41) is 31.6. The molecule has 1 atom stereocenters. The van der Waals surface area contributed by atoms with E-state index >= 15 is 0 Å². The molecule has 2 heterocycles. The van der Waals surface area contributed by atoms with E-state index in [0.29, 0.717) is 36.2 Å². The molecule has 2 aromatic rings. The van der Waals surface area contributed by atoms with Gasteiger partial charge in [-0.05, 0) is 81.8 Å². The number of aryl methyl sites for hydroxylation is 1. The van der Waals surface area contributed by atoms with Gasteiger partial charge in [-0.1, -0.05) is 0 Å². The molecule has 11 heteroatoms. The van der Waals surface area contributed by atoms with E-state index in [9.17, 15) is 28.2 Å². The number of amides is 1. The SMILES string of the molecule is Cc1cc(N[C@@H]2CCCN(CC(=O)N(C)C3CCC(O)CC3)C2)nnc1-c1ccc(C(F)(F)F)cc1O. The Morgan fingerprint density at radius 2 is 1.89 bits per heavy atom. The van der Waals surface area contributed by atoms with Crippen LogP contribution in [0.1, 0.15) is 49.7 Å². The number of phenols is 1. The van der Waals surface area contributed by atoms with E-state index in [-0.39, 0.29) is 29.7 Å². The lowest BCUT2D eigenvalue weighted by atomic mass is 9.92. The molecular formula is C26H34F3N5O3. The number of carbonyl (C=O) groups excluding carboxylic acids is 1. The lowest BCUT2D eigenvalue weighted by Crippen LogP contribution is -2.49. The van der Waals surface area contributed by atoms with Gasteiger partial charge in [0.05, 0.1) is 23.9 Å². The summed E-state index contributed by atoms with van der Waals surface area (Å²) in [6, 6.07) is 4.80. The number of phenolic OH excluding ortho intramolecular Hbond substituents is 1. The van der Waals surface area contributed by atoms with E-state index in [4.69, 9.17) is 0 Å². The molecule has 2 fully saturated rings. The van der Waals surface area contributed by atoms with Crippen molar-refractivity contribution in [2.45, 2.75) is 69.8 Å². The minimum Gasteiger partial charge on any atom is -0.507 e. The van der Waals surface area contributed by atoms with Gasteiger partial charge in [-0.25, -0.2) is 0 Å². The summed E-state index contributed by atoms with van der Waals surface area (Å²) in [6.07, 6.45) is 0.147. The summed E-state index contributed by atoms with van der Waals surface area (Å²) in [7, 11) is 1.85. The number of benzene rings is 1. The first-order chi connectivity index (χ1) is 17.5. The van der Waals surface area contributed by atoms with E-state index in [0.717, 1.165) is 51.1 Å². The lowest BCUT2D eigenvalue weighted by molar-refractivity contribution is -0.137. The number of carbonyl (C=O) groups is 1. The van der Waals surface area contributed by atoms with Crippen LogP contribution in [0.5, 0.6) is 5.75 Å². The molecule has 4 rings (SSSR count). The summed E-state index contributed by atoms with van der Waals surface area (Å²) in [4.78, 5) is 16.8. The average molecular weight is 522 g/mol. The second-order valence-electron chi connectivity index (χ2n) is 10.2. The van der Waals surface area contributed by atoms with Gasteiger partial charge in [0.2, 0.25) is 5.91 Å². The van der Waals surface area contributed by atoms with Crippen LogP contribution in [0.15, 0.2) is 24.3 Å². The number of rotatable bonds is 6. The zero-order chi connectivity index (χ0) is 26.7. The van der Waals surface area contributed by atoms with Gasteiger partial charge in [0.25, 0.3) is 0 Å². The van der Waals surface area contributed by atoms with Crippen molar-refractivity contribution in [3.63, 3.8) is 0 Å². The molecule has 0 unspecified atom stereocenters. The van der Waals surface area contributed by atoms with Crippen LogP contribution < -0.4 is 5.32 Å².